The molecule has 2 amide bonds. The Kier molecular flexibility index (Phi) is 12.2. The smallest absolute Gasteiger partial charge is 0.245 e. The summed E-state index contributed by atoms with van der Waals surface area (Å²) in [6.07, 6.45) is 11.1. The van der Waals surface area contributed by atoms with Gasteiger partial charge in [0.15, 0.2) is 0 Å². The van der Waals surface area contributed by atoms with E-state index in [0.29, 0.717) is 43.4 Å². The molecule has 1 aromatic heterocycles. The molecular weight excluding hydrogens is 560 g/mol. The first-order chi connectivity index (χ1) is 20.9. The van der Waals surface area contributed by atoms with Crippen LogP contribution in [0.15, 0.2) is 61.2 Å². The van der Waals surface area contributed by atoms with Crippen LogP contribution in [0, 0.1) is 11.3 Å². The third-order valence-electron chi connectivity index (χ3n) is 9.10. The fourth-order valence-electron chi connectivity index (χ4n) is 6.75. The Labute approximate surface area is 261 Å². The third-order valence-corrected chi connectivity index (χ3v) is 9.35. The minimum atomic E-state index is -0.650. The van der Waals surface area contributed by atoms with E-state index in [1.807, 2.05) is 58.1 Å². The van der Waals surface area contributed by atoms with Gasteiger partial charge < -0.3 is 16.0 Å². The minimum Gasteiger partial charge on any atom is -0.344 e. The summed E-state index contributed by atoms with van der Waals surface area (Å²) in [5, 5.41) is 8.17. The summed E-state index contributed by atoms with van der Waals surface area (Å²) in [6.45, 7) is 7.07. The number of aryl methyl sites for hydroxylation is 1. The quantitative estimate of drug-likeness (QED) is 0.235. The van der Waals surface area contributed by atoms with Gasteiger partial charge in [-0.15, -0.1) is 0 Å². The van der Waals surface area contributed by atoms with E-state index in [1.165, 1.54) is 12.8 Å². The monoisotopic (exact) mass is 606 g/mol. The van der Waals surface area contributed by atoms with Crippen LogP contribution >= 0.6 is 11.6 Å². The number of nitrogens with two attached hydrogens (primary N) is 1. The number of nitrogens with zero attached hydrogens (tertiary/aromatic N) is 4. The topological polar surface area (TPSA) is 106 Å². The maximum Gasteiger partial charge on any atom is 0.245 e. The van der Waals surface area contributed by atoms with Crippen molar-refractivity contribution in [1.82, 2.24) is 25.0 Å². The van der Waals surface area contributed by atoms with Gasteiger partial charge in [-0.3, -0.25) is 14.3 Å². The van der Waals surface area contributed by atoms with Crippen LogP contribution in [0.2, 0.25) is 5.02 Å². The molecule has 2 heterocycles. The van der Waals surface area contributed by atoms with Crippen LogP contribution in [0.1, 0.15) is 75.5 Å². The average molecular weight is 607 g/mol. The molecule has 0 spiro atoms. The van der Waals surface area contributed by atoms with Crippen molar-refractivity contribution in [2.24, 2.45) is 17.1 Å². The molecule has 1 aliphatic heterocycles. The summed E-state index contributed by atoms with van der Waals surface area (Å²) < 4.78 is 1.96. The van der Waals surface area contributed by atoms with Crippen LogP contribution in [-0.2, 0) is 35.5 Å². The highest BCUT2D eigenvalue weighted by molar-refractivity contribution is 6.30. The van der Waals surface area contributed by atoms with Crippen molar-refractivity contribution < 1.29 is 9.59 Å². The first-order valence-corrected chi connectivity index (χ1v) is 16.2. The Morgan fingerprint density at radius 3 is 2.30 bits per heavy atom. The van der Waals surface area contributed by atoms with E-state index < -0.39 is 6.04 Å². The van der Waals surface area contributed by atoms with Crippen LogP contribution in [0.25, 0.3) is 0 Å². The molecule has 1 aliphatic rings. The molecule has 1 unspecified atom stereocenters. The number of hydrogen-bond acceptors (Lipinski definition) is 5. The van der Waals surface area contributed by atoms with E-state index in [4.69, 9.17) is 17.3 Å². The lowest BCUT2D eigenvalue weighted by Crippen LogP contribution is -2.54. The van der Waals surface area contributed by atoms with Gasteiger partial charge in [0.2, 0.25) is 11.8 Å². The summed E-state index contributed by atoms with van der Waals surface area (Å²) >= 11 is 6.12. The fourth-order valence-corrected chi connectivity index (χ4v) is 6.88. The van der Waals surface area contributed by atoms with Crippen LogP contribution in [0.3, 0.4) is 0 Å². The first-order valence-electron chi connectivity index (χ1n) is 15.8. The van der Waals surface area contributed by atoms with Gasteiger partial charge in [-0.05, 0) is 59.4 Å². The lowest BCUT2D eigenvalue weighted by molar-refractivity contribution is -0.139. The molecule has 2 aromatic carbocycles. The number of carbonyl (C=O) groups excluding carboxylic acids is 2. The second kappa shape index (κ2) is 16.0. The van der Waals surface area contributed by atoms with Crippen LogP contribution in [0.5, 0.6) is 0 Å². The Morgan fingerprint density at radius 1 is 1.02 bits per heavy atom. The number of halogens is 1. The molecule has 0 bridgehead atoms. The van der Waals surface area contributed by atoms with E-state index in [-0.39, 0.29) is 23.7 Å². The second-order valence-electron chi connectivity index (χ2n) is 12.0. The molecule has 9 heteroatoms. The normalized spacial score (nSPS) is 15.4. The number of benzene rings is 2. The number of nitrogens with one attached hydrogen (secondary N) is 1. The number of piperidine rings is 1. The van der Waals surface area contributed by atoms with Crippen LogP contribution in [0.4, 0.5) is 0 Å². The summed E-state index contributed by atoms with van der Waals surface area (Å²) in [6, 6.07) is 14.8. The van der Waals surface area contributed by atoms with E-state index in [2.05, 4.69) is 29.2 Å². The van der Waals surface area contributed by atoms with Gasteiger partial charge >= 0.3 is 0 Å². The second-order valence-corrected chi connectivity index (χ2v) is 12.4. The highest BCUT2D eigenvalue weighted by atomic mass is 35.5. The lowest BCUT2D eigenvalue weighted by Gasteiger charge is -2.47. The van der Waals surface area contributed by atoms with Gasteiger partial charge in [-0.25, -0.2) is 4.98 Å². The van der Waals surface area contributed by atoms with Gasteiger partial charge in [0.25, 0.3) is 0 Å². The Balaban J connectivity index is 1.48. The van der Waals surface area contributed by atoms with Crippen molar-refractivity contribution in [1.29, 1.82) is 0 Å². The van der Waals surface area contributed by atoms with Crippen LogP contribution < -0.4 is 11.1 Å². The van der Waals surface area contributed by atoms with Crippen molar-refractivity contribution in [2.75, 3.05) is 13.1 Å². The molecule has 3 N–H and O–H groups in total. The van der Waals surface area contributed by atoms with E-state index >= 15 is 0 Å². The molecule has 1 fully saturated rings. The third kappa shape index (κ3) is 8.89. The van der Waals surface area contributed by atoms with E-state index in [0.717, 1.165) is 48.9 Å². The molecule has 232 valence electrons. The van der Waals surface area contributed by atoms with E-state index in [1.54, 1.807) is 12.7 Å². The zero-order chi connectivity index (χ0) is 30.7. The molecule has 8 nitrogen and oxygen atoms in total. The minimum absolute atomic E-state index is 0.0254. The fraction of sp³-hybridized carbons (Fsp3) is 0.529. The SMILES string of the molecule is CCCC(CCC)C1(Cn2cncn2)CCN(C(=O)C(Cc2ccc(Cl)cc2)NC(=O)CCc2ccccc2CN)CC1. The number of rotatable bonds is 15. The number of hydrogen-bond donors (Lipinski definition) is 2. The maximum atomic E-state index is 14.1. The molecule has 1 atom stereocenters. The van der Waals surface area contributed by atoms with Crippen molar-refractivity contribution in [3.05, 3.63) is 82.9 Å². The number of likely N-dealkylation sites (tertiary alicyclic amines) is 1. The largest absolute Gasteiger partial charge is 0.344 e. The molecule has 43 heavy (non-hydrogen) atoms. The first kappa shape index (κ1) is 32.7. The number of carbonyl (C=O) groups is 2. The van der Waals surface area contributed by atoms with Gasteiger partial charge in [0.05, 0.1) is 0 Å². The predicted molar refractivity (Wildman–Crippen MR) is 171 cm³/mol. The summed E-state index contributed by atoms with van der Waals surface area (Å²) in [5.41, 5.74) is 9.02. The molecule has 1 saturated heterocycles. The molecule has 4 rings (SSSR count). The Morgan fingerprint density at radius 2 is 1.70 bits per heavy atom. The zero-order valence-electron chi connectivity index (χ0n) is 25.7. The number of amides is 2. The zero-order valence-corrected chi connectivity index (χ0v) is 26.4. The van der Waals surface area contributed by atoms with Gasteiger partial charge in [0.1, 0.15) is 18.7 Å². The molecule has 0 saturated carbocycles. The standard InChI is InChI=1S/C34H47ClN6O2/c1-3-7-29(8-4-2)34(23-41-25-37-24-38-41)17-19-40(20-18-34)33(43)31(21-26-11-14-30(35)15-12-26)39-32(42)16-13-27-9-5-6-10-28(27)22-36/h5-6,9-12,14-15,24-25,29,31H,3-4,7-8,13,16-23,36H2,1-2H3,(H,39,42). The van der Waals surface area contributed by atoms with Crippen molar-refractivity contribution >= 4 is 23.4 Å². The highest BCUT2D eigenvalue weighted by Crippen LogP contribution is 2.45. The molecule has 3 aromatic rings. The summed E-state index contributed by atoms with van der Waals surface area (Å²) in [5.74, 6) is 0.398. The molecular formula is C34H47ClN6O2. The predicted octanol–water partition coefficient (Wildman–Crippen LogP) is 5.58. The summed E-state index contributed by atoms with van der Waals surface area (Å²) in [4.78, 5) is 33.4. The van der Waals surface area contributed by atoms with Crippen LogP contribution in [-0.4, -0.2) is 50.6 Å². The maximum absolute atomic E-state index is 14.1. The van der Waals surface area contributed by atoms with Gasteiger partial charge in [-0.2, -0.15) is 5.10 Å². The molecule has 0 radical (unpaired) electrons. The van der Waals surface area contributed by atoms with Crippen molar-refractivity contribution in [2.45, 2.75) is 90.8 Å². The highest BCUT2D eigenvalue weighted by Gasteiger charge is 2.43. The van der Waals surface area contributed by atoms with Crippen molar-refractivity contribution in [3.8, 4) is 0 Å². The average Bonchev–Trinajstić information content (AvgIpc) is 3.53. The Bertz CT molecular complexity index is 1280. The summed E-state index contributed by atoms with van der Waals surface area (Å²) in [7, 11) is 0. The van der Waals surface area contributed by atoms with Gasteiger partial charge in [0, 0.05) is 44.0 Å². The van der Waals surface area contributed by atoms with Crippen molar-refractivity contribution in [3.63, 3.8) is 0 Å². The lowest BCUT2D eigenvalue weighted by atomic mass is 9.65. The number of aromatic nitrogens is 3. The van der Waals surface area contributed by atoms with Gasteiger partial charge in [-0.1, -0.05) is 87.5 Å². The van der Waals surface area contributed by atoms with E-state index in [9.17, 15) is 9.59 Å². The Hall–Kier alpha value is -3.23. The molecule has 0 aliphatic carbocycles.